The van der Waals surface area contributed by atoms with Crippen LogP contribution in [0.25, 0.3) is 0 Å². The Kier molecular flexibility index (Phi) is 3.05. The van der Waals surface area contributed by atoms with Gasteiger partial charge in [-0.1, -0.05) is 6.08 Å². The van der Waals surface area contributed by atoms with Crippen LogP contribution in [0.2, 0.25) is 0 Å². The van der Waals surface area contributed by atoms with E-state index in [4.69, 9.17) is 9.84 Å². The summed E-state index contributed by atoms with van der Waals surface area (Å²) >= 11 is 0. The SMILES string of the molecule is C=CCC1(O)OC[C@@H](O)[C@H](O)[C@@H]1O. The Balaban J connectivity index is 2.72. The summed E-state index contributed by atoms with van der Waals surface area (Å²) in [6, 6.07) is 0. The van der Waals surface area contributed by atoms with Crippen LogP contribution in [0, 0.1) is 0 Å². The van der Waals surface area contributed by atoms with Crippen LogP contribution < -0.4 is 0 Å². The summed E-state index contributed by atoms with van der Waals surface area (Å²) in [6.07, 6.45) is -2.71. The minimum atomic E-state index is -1.83. The van der Waals surface area contributed by atoms with Crippen molar-refractivity contribution in [2.45, 2.75) is 30.5 Å². The molecule has 4 atom stereocenters. The molecule has 0 aromatic carbocycles. The largest absolute Gasteiger partial charge is 0.388 e. The third kappa shape index (κ3) is 1.90. The molecule has 1 fully saturated rings. The van der Waals surface area contributed by atoms with Crippen LogP contribution in [0.15, 0.2) is 12.7 Å². The molecule has 1 rings (SSSR count). The standard InChI is InChI=1S/C8H14O5/c1-2-3-8(12)7(11)6(10)5(9)4-13-8/h2,5-7,9-12H,1,3-4H2/t5-,6+,7+,8?/m1/s1. The number of hydrogen-bond acceptors (Lipinski definition) is 5. The van der Waals surface area contributed by atoms with Gasteiger partial charge in [0.05, 0.1) is 6.61 Å². The first-order chi connectivity index (χ1) is 6.01. The minimum Gasteiger partial charge on any atom is -0.388 e. The van der Waals surface area contributed by atoms with Crippen molar-refractivity contribution >= 4 is 0 Å². The topological polar surface area (TPSA) is 90.2 Å². The smallest absolute Gasteiger partial charge is 0.198 e. The number of hydrogen-bond donors (Lipinski definition) is 4. The first kappa shape index (κ1) is 10.6. The molecule has 0 saturated carbocycles. The third-order valence-corrected chi connectivity index (χ3v) is 2.12. The van der Waals surface area contributed by atoms with Crippen molar-refractivity contribution in [2.75, 3.05) is 6.61 Å². The van der Waals surface area contributed by atoms with E-state index >= 15 is 0 Å². The molecule has 1 unspecified atom stereocenters. The van der Waals surface area contributed by atoms with Gasteiger partial charge in [0.1, 0.15) is 18.3 Å². The van der Waals surface area contributed by atoms with E-state index < -0.39 is 24.1 Å². The first-order valence-electron chi connectivity index (χ1n) is 4.02. The maximum atomic E-state index is 9.61. The van der Waals surface area contributed by atoms with E-state index in [1.54, 1.807) is 0 Å². The van der Waals surface area contributed by atoms with E-state index in [9.17, 15) is 15.3 Å². The maximum absolute atomic E-state index is 9.61. The van der Waals surface area contributed by atoms with Crippen LogP contribution in [0.1, 0.15) is 6.42 Å². The molecular weight excluding hydrogens is 176 g/mol. The van der Waals surface area contributed by atoms with Gasteiger partial charge in [-0.25, -0.2) is 0 Å². The highest BCUT2D eigenvalue weighted by molar-refractivity contribution is 4.94. The summed E-state index contributed by atoms with van der Waals surface area (Å²) < 4.78 is 4.83. The molecule has 0 aromatic heterocycles. The summed E-state index contributed by atoms with van der Waals surface area (Å²) in [5.74, 6) is -1.83. The Morgan fingerprint density at radius 1 is 1.46 bits per heavy atom. The van der Waals surface area contributed by atoms with Crippen molar-refractivity contribution in [3.63, 3.8) is 0 Å². The van der Waals surface area contributed by atoms with Crippen molar-refractivity contribution < 1.29 is 25.2 Å². The number of aliphatic hydroxyl groups excluding tert-OH is 3. The van der Waals surface area contributed by atoms with Gasteiger partial charge in [0.15, 0.2) is 5.79 Å². The maximum Gasteiger partial charge on any atom is 0.198 e. The average Bonchev–Trinajstić information content (AvgIpc) is 2.10. The molecule has 0 aromatic rings. The zero-order valence-electron chi connectivity index (χ0n) is 7.13. The number of ether oxygens (including phenoxy) is 1. The van der Waals surface area contributed by atoms with Crippen LogP contribution >= 0.6 is 0 Å². The van der Waals surface area contributed by atoms with Gasteiger partial charge < -0.3 is 25.2 Å². The predicted octanol–water partition coefficient (Wildman–Crippen LogP) is -1.64. The van der Waals surface area contributed by atoms with Crippen LogP contribution in [0.3, 0.4) is 0 Å². The molecule has 1 heterocycles. The zero-order chi connectivity index (χ0) is 10.1. The van der Waals surface area contributed by atoms with Gasteiger partial charge in [-0.2, -0.15) is 0 Å². The van der Waals surface area contributed by atoms with Gasteiger partial charge >= 0.3 is 0 Å². The van der Waals surface area contributed by atoms with Crippen molar-refractivity contribution in [3.8, 4) is 0 Å². The molecule has 5 heteroatoms. The van der Waals surface area contributed by atoms with Crippen LogP contribution in [-0.2, 0) is 4.74 Å². The zero-order valence-corrected chi connectivity index (χ0v) is 7.13. The monoisotopic (exact) mass is 190 g/mol. The lowest BCUT2D eigenvalue weighted by atomic mass is 9.94. The van der Waals surface area contributed by atoms with E-state index in [0.29, 0.717) is 0 Å². The van der Waals surface area contributed by atoms with Crippen molar-refractivity contribution in [1.29, 1.82) is 0 Å². The van der Waals surface area contributed by atoms with Gasteiger partial charge in [-0.3, -0.25) is 0 Å². The van der Waals surface area contributed by atoms with E-state index in [1.165, 1.54) is 6.08 Å². The summed E-state index contributed by atoms with van der Waals surface area (Å²) in [7, 11) is 0. The van der Waals surface area contributed by atoms with E-state index in [0.717, 1.165) is 0 Å². The quantitative estimate of drug-likeness (QED) is 0.392. The molecular formula is C8H14O5. The molecule has 1 aliphatic rings. The highest BCUT2D eigenvalue weighted by Gasteiger charge is 2.47. The Bertz CT molecular complexity index is 195. The molecule has 0 bridgehead atoms. The van der Waals surface area contributed by atoms with E-state index in [1.807, 2.05) is 0 Å². The second-order valence-corrected chi connectivity index (χ2v) is 3.15. The molecule has 1 saturated heterocycles. The summed E-state index contributed by atoms with van der Waals surface area (Å²) in [4.78, 5) is 0. The predicted molar refractivity (Wildman–Crippen MR) is 43.7 cm³/mol. The van der Waals surface area contributed by atoms with E-state index in [2.05, 4.69) is 6.58 Å². The van der Waals surface area contributed by atoms with Gasteiger partial charge in [0.2, 0.25) is 0 Å². The summed E-state index contributed by atoms with van der Waals surface area (Å²) in [5, 5.41) is 37.3. The number of rotatable bonds is 2. The Morgan fingerprint density at radius 2 is 2.08 bits per heavy atom. The highest BCUT2D eigenvalue weighted by Crippen LogP contribution is 2.26. The molecule has 13 heavy (non-hydrogen) atoms. The molecule has 4 N–H and O–H groups in total. The van der Waals surface area contributed by atoms with Crippen molar-refractivity contribution in [2.24, 2.45) is 0 Å². The molecule has 0 spiro atoms. The summed E-state index contributed by atoms with van der Waals surface area (Å²) in [6.45, 7) is 3.18. The minimum absolute atomic E-state index is 0.00204. The Hall–Kier alpha value is -0.460. The third-order valence-electron chi connectivity index (χ3n) is 2.12. The molecule has 0 aliphatic carbocycles. The molecule has 0 amide bonds. The fourth-order valence-corrected chi connectivity index (χ4v) is 1.28. The normalized spacial score (nSPS) is 46.0. The van der Waals surface area contributed by atoms with Crippen molar-refractivity contribution in [3.05, 3.63) is 12.7 Å². The van der Waals surface area contributed by atoms with E-state index in [-0.39, 0.29) is 13.0 Å². The van der Waals surface area contributed by atoms with Crippen LogP contribution in [0.4, 0.5) is 0 Å². The van der Waals surface area contributed by atoms with Gasteiger partial charge in [0.25, 0.3) is 0 Å². The van der Waals surface area contributed by atoms with Crippen LogP contribution in [0.5, 0.6) is 0 Å². The highest BCUT2D eigenvalue weighted by atomic mass is 16.6. The Morgan fingerprint density at radius 3 is 2.62 bits per heavy atom. The van der Waals surface area contributed by atoms with Crippen LogP contribution in [-0.4, -0.2) is 51.1 Å². The lowest BCUT2D eigenvalue weighted by molar-refractivity contribution is -0.319. The first-order valence-corrected chi connectivity index (χ1v) is 4.02. The second-order valence-electron chi connectivity index (χ2n) is 3.15. The molecule has 5 nitrogen and oxygen atoms in total. The number of aliphatic hydroxyl groups is 4. The fraction of sp³-hybridized carbons (Fsp3) is 0.750. The van der Waals surface area contributed by atoms with Gasteiger partial charge in [0, 0.05) is 6.42 Å². The molecule has 0 radical (unpaired) electrons. The second kappa shape index (κ2) is 3.73. The lowest BCUT2D eigenvalue weighted by Crippen LogP contribution is -2.60. The lowest BCUT2D eigenvalue weighted by Gasteiger charge is -2.41. The summed E-state index contributed by atoms with van der Waals surface area (Å²) in [5.41, 5.74) is 0. The van der Waals surface area contributed by atoms with Crippen molar-refractivity contribution in [1.82, 2.24) is 0 Å². The van der Waals surface area contributed by atoms with Gasteiger partial charge in [-0.15, -0.1) is 6.58 Å². The Labute approximate surface area is 75.9 Å². The van der Waals surface area contributed by atoms with Gasteiger partial charge in [-0.05, 0) is 0 Å². The fourth-order valence-electron chi connectivity index (χ4n) is 1.28. The molecule has 76 valence electrons. The molecule has 1 aliphatic heterocycles. The average molecular weight is 190 g/mol.